The fourth-order valence-corrected chi connectivity index (χ4v) is 4.25. The summed E-state index contributed by atoms with van der Waals surface area (Å²) in [5.74, 6) is 0.594. The van der Waals surface area contributed by atoms with Crippen LogP contribution in [0.15, 0.2) is 11.4 Å². The summed E-state index contributed by atoms with van der Waals surface area (Å²) in [6, 6.07) is 2.19. The molecule has 2 aliphatic heterocycles. The highest BCUT2D eigenvalue weighted by molar-refractivity contribution is 7.10. The fraction of sp³-hybridized carbons (Fsp3) is 0.706. The monoisotopic (exact) mass is 337 g/mol. The average Bonchev–Trinajstić information content (AvgIpc) is 2.99. The van der Waals surface area contributed by atoms with Crippen molar-refractivity contribution in [3.8, 4) is 0 Å². The van der Waals surface area contributed by atoms with E-state index in [9.17, 15) is 4.79 Å². The number of nitrogens with zero attached hydrogens (tertiary/aromatic N) is 2. The van der Waals surface area contributed by atoms with Gasteiger partial charge in [0.1, 0.15) is 0 Å². The third-order valence-electron chi connectivity index (χ3n) is 4.79. The lowest BCUT2D eigenvalue weighted by Crippen LogP contribution is -2.48. The van der Waals surface area contributed by atoms with Gasteiger partial charge in [0.05, 0.1) is 19.8 Å². The predicted molar refractivity (Wildman–Crippen MR) is 92.8 cm³/mol. The molecule has 2 amide bonds. The van der Waals surface area contributed by atoms with Crippen LogP contribution in [0.1, 0.15) is 23.3 Å². The molecule has 1 aromatic rings. The van der Waals surface area contributed by atoms with E-state index in [1.807, 2.05) is 4.90 Å². The van der Waals surface area contributed by atoms with E-state index in [1.54, 1.807) is 11.3 Å². The van der Waals surface area contributed by atoms with Crippen LogP contribution in [-0.2, 0) is 11.3 Å². The van der Waals surface area contributed by atoms with Gasteiger partial charge >= 0.3 is 6.03 Å². The van der Waals surface area contributed by atoms with E-state index in [1.165, 1.54) is 16.9 Å². The molecule has 0 saturated carbocycles. The average molecular weight is 337 g/mol. The second-order valence-corrected chi connectivity index (χ2v) is 7.55. The number of hydrogen-bond acceptors (Lipinski definition) is 4. The normalized spacial score (nSPS) is 23.0. The number of piperidine rings is 1. The number of aryl methyl sites for hydroxylation is 1. The van der Waals surface area contributed by atoms with Crippen molar-refractivity contribution in [2.24, 2.45) is 5.92 Å². The summed E-state index contributed by atoms with van der Waals surface area (Å²) < 4.78 is 5.41. The number of urea groups is 1. The molecule has 0 aromatic carbocycles. The van der Waals surface area contributed by atoms with Crippen molar-refractivity contribution in [1.82, 2.24) is 15.1 Å². The first-order valence-corrected chi connectivity index (χ1v) is 9.46. The van der Waals surface area contributed by atoms with Gasteiger partial charge in [0, 0.05) is 37.6 Å². The minimum absolute atomic E-state index is 0.0875. The molecule has 0 aliphatic carbocycles. The summed E-state index contributed by atoms with van der Waals surface area (Å²) in [6.45, 7) is 9.34. The SMILES string of the molecule is Cc1ccsc1CNC(=O)N1CCCC(CN2CCOCC2)C1. The molecular weight excluding hydrogens is 310 g/mol. The number of amides is 2. The molecule has 0 bridgehead atoms. The first-order valence-electron chi connectivity index (χ1n) is 8.58. The molecule has 2 aliphatic rings. The second kappa shape index (κ2) is 8.13. The van der Waals surface area contributed by atoms with Gasteiger partial charge in [-0.3, -0.25) is 4.90 Å². The second-order valence-electron chi connectivity index (χ2n) is 6.55. The molecule has 0 spiro atoms. The number of hydrogen-bond donors (Lipinski definition) is 1. The van der Waals surface area contributed by atoms with Crippen molar-refractivity contribution < 1.29 is 9.53 Å². The molecule has 2 fully saturated rings. The van der Waals surface area contributed by atoms with Crippen LogP contribution in [0.5, 0.6) is 0 Å². The van der Waals surface area contributed by atoms with Gasteiger partial charge in [0.25, 0.3) is 0 Å². The number of thiophene rings is 1. The van der Waals surface area contributed by atoms with E-state index in [0.717, 1.165) is 52.4 Å². The van der Waals surface area contributed by atoms with E-state index < -0.39 is 0 Å². The Labute approximate surface area is 142 Å². The molecule has 3 rings (SSSR count). The first kappa shape index (κ1) is 16.7. The van der Waals surface area contributed by atoms with Crippen molar-refractivity contribution >= 4 is 17.4 Å². The third kappa shape index (κ3) is 4.68. The topological polar surface area (TPSA) is 44.8 Å². The molecule has 2 saturated heterocycles. The highest BCUT2D eigenvalue weighted by Gasteiger charge is 2.25. The molecule has 1 unspecified atom stereocenters. The molecule has 1 atom stereocenters. The summed E-state index contributed by atoms with van der Waals surface area (Å²) in [5.41, 5.74) is 1.26. The van der Waals surface area contributed by atoms with Crippen LogP contribution in [0.4, 0.5) is 4.79 Å². The van der Waals surface area contributed by atoms with Gasteiger partial charge in [-0.1, -0.05) is 0 Å². The van der Waals surface area contributed by atoms with Crippen LogP contribution in [0.3, 0.4) is 0 Å². The molecule has 128 valence electrons. The molecule has 5 nitrogen and oxygen atoms in total. The van der Waals surface area contributed by atoms with Gasteiger partial charge in [0.15, 0.2) is 0 Å². The molecule has 1 aromatic heterocycles. The highest BCUT2D eigenvalue weighted by atomic mass is 32.1. The zero-order valence-corrected chi connectivity index (χ0v) is 14.7. The molecule has 3 heterocycles. The van der Waals surface area contributed by atoms with Crippen LogP contribution in [0.2, 0.25) is 0 Å². The van der Waals surface area contributed by atoms with Crippen molar-refractivity contribution in [2.75, 3.05) is 45.9 Å². The number of carbonyl (C=O) groups is 1. The molecular formula is C17H27N3O2S. The van der Waals surface area contributed by atoms with Crippen LogP contribution in [0, 0.1) is 12.8 Å². The van der Waals surface area contributed by atoms with Gasteiger partial charge < -0.3 is 15.0 Å². The summed E-state index contributed by atoms with van der Waals surface area (Å²) in [7, 11) is 0. The van der Waals surface area contributed by atoms with Crippen molar-refractivity contribution in [3.05, 3.63) is 21.9 Å². The van der Waals surface area contributed by atoms with Gasteiger partial charge in [-0.15, -0.1) is 11.3 Å². The Balaban J connectivity index is 1.45. The zero-order chi connectivity index (χ0) is 16.1. The van der Waals surface area contributed by atoms with E-state index in [4.69, 9.17) is 4.74 Å². The molecule has 0 radical (unpaired) electrons. The van der Waals surface area contributed by atoms with E-state index in [-0.39, 0.29) is 6.03 Å². The molecule has 1 N–H and O–H groups in total. The maximum atomic E-state index is 12.4. The smallest absolute Gasteiger partial charge is 0.317 e. The Morgan fingerprint density at radius 1 is 1.39 bits per heavy atom. The Morgan fingerprint density at radius 2 is 2.22 bits per heavy atom. The Kier molecular flexibility index (Phi) is 5.91. The molecule has 23 heavy (non-hydrogen) atoms. The minimum Gasteiger partial charge on any atom is -0.379 e. The van der Waals surface area contributed by atoms with Crippen LogP contribution >= 0.6 is 11.3 Å². The van der Waals surface area contributed by atoms with Crippen LogP contribution in [0.25, 0.3) is 0 Å². The minimum atomic E-state index is 0.0875. The lowest BCUT2D eigenvalue weighted by molar-refractivity contribution is 0.0249. The predicted octanol–water partition coefficient (Wildman–Crippen LogP) is 2.31. The number of carbonyl (C=O) groups excluding carboxylic acids is 1. The maximum Gasteiger partial charge on any atom is 0.317 e. The number of ether oxygens (including phenoxy) is 1. The molecule has 6 heteroatoms. The van der Waals surface area contributed by atoms with Gasteiger partial charge in [-0.05, 0) is 42.7 Å². The number of nitrogens with one attached hydrogen (secondary N) is 1. The van der Waals surface area contributed by atoms with Crippen molar-refractivity contribution in [1.29, 1.82) is 0 Å². The van der Waals surface area contributed by atoms with Crippen molar-refractivity contribution in [3.63, 3.8) is 0 Å². The lowest BCUT2D eigenvalue weighted by Gasteiger charge is -2.36. The summed E-state index contributed by atoms with van der Waals surface area (Å²) in [4.78, 5) is 18.2. The highest BCUT2D eigenvalue weighted by Crippen LogP contribution is 2.19. The number of likely N-dealkylation sites (tertiary alicyclic amines) is 1. The third-order valence-corrected chi connectivity index (χ3v) is 5.82. The fourth-order valence-electron chi connectivity index (χ4n) is 3.40. The zero-order valence-electron chi connectivity index (χ0n) is 13.9. The quantitative estimate of drug-likeness (QED) is 0.917. The lowest BCUT2D eigenvalue weighted by atomic mass is 9.97. The van der Waals surface area contributed by atoms with Gasteiger partial charge in [-0.25, -0.2) is 4.79 Å². The maximum absolute atomic E-state index is 12.4. The number of rotatable bonds is 4. The largest absolute Gasteiger partial charge is 0.379 e. The Hall–Kier alpha value is -1.11. The van der Waals surface area contributed by atoms with E-state index >= 15 is 0 Å². The van der Waals surface area contributed by atoms with E-state index in [2.05, 4.69) is 28.6 Å². The Bertz CT molecular complexity index is 514. The van der Waals surface area contributed by atoms with Crippen LogP contribution < -0.4 is 5.32 Å². The first-order chi connectivity index (χ1) is 11.2. The van der Waals surface area contributed by atoms with Gasteiger partial charge in [0.2, 0.25) is 0 Å². The Morgan fingerprint density at radius 3 is 2.96 bits per heavy atom. The van der Waals surface area contributed by atoms with Crippen molar-refractivity contribution in [2.45, 2.75) is 26.3 Å². The number of morpholine rings is 1. The van der Waals surface area contributed by atoms with Crippen LogP contribution in [-0.4, -0.2) is 61.8 Å². The standard InChI is InChI=1S/C17H27N3O2S/c1-14-4-10-23-16(14)11-18-17(21)20-5-2-3-15(13-20)12-19-6-8-22-9-7-19/h4,10,15H,2-3,5-9,11-13H2,1H3,(H,18,21). The summed E-state index contributed by atoms with van der Waals surface area (Å²) in [6.07, 6.45) is 2.34. The summed E-state index contributed by atoms with van der Waals surface area (Å²) >= 11 is 1.71. The summed E-state index contributed by atoms with van der Waals surface area (Å²) in [5, 5.41) is 5.16. The van der Waals surface area contributed by atoms with E-state index in [0.29, 0.717) is 12.5 Å². The van der Waals surface area contributed by atoms with Gasteiger partial charge in [-0.2, -0.15) is 0 Å².